The van der Waals surface area contributed by atoms with Gasteiger partial charge in [-0.05, 0) is 44.1 Å². The lowest BCUT2D eigenvalue weighted by Gasteiger charge is -2.34. The molecule has 1 aromatic rings. The maximum Gasteiger partial charge on any atom is 0.271 e. The van der Waals surface area contributed by atoms with Crippen molar-refractivity contribution in [2.24, 2.45) is 5.92 Å². The summed E-state index contributed by atoms with van der Waals surface area (Å²) in [6, 6.07) is 8.61. The molecule has 0 unspecified atom stereocenters. The Balaban J connectivity index is 1.45. The van der Waals surface area contributed by atoms with Gasteiger partial charge in [-0.1, -0.05) is 36.8 Å². The summed E-state index contributed by atoms with van der Waals surface area (Å²) in [7, 11) is 0. The molecule has 0 atom stereocenters. The van der Waals surface area contributed by atoms with E-state index in [1.807, 2.05) is 0 Å². The molecule has 3 rings (SSSR count). The minimum atomic E-state index is -0.467. The van der Waals surface area contributed by atoms with Gasteiger partial charge in [0.2, 0.25) is 0 Å². The molecular formula is C18H26O3. The summed E-state index contributed by atoms with van der Waals surface area (Å²) in [6.45, 7) is 5.31. The number of hydrogen-bond donors (Lipinski definition) is 0. The Morgan fingerprint density at radius 2 is 1.57 bits per heavy atom. The summed E-state index contributed by atoms with van der Waals surface area (Å²) in [5.41, 5.74) is 2.56. The van der Waals surface area contributed by atoms with Crippen molar-refractivity contribution >= 4 is 0 Å². The first-order valence-electron chi connectivity index (χ1n) is 8.16. The van der Waals surface area contributed by atoms with Crippen LogP contribution < -0.4 is 0 Å². The molecule has 3 nitrogen and oxygen atoms in total. The van der Waals surface area contributed by atoms with Crippen molar-refractivity contribution in [2.45, 2.75) is 58.0 Å². The Hall–Kier alpha value is -0.900. The van der Waals surface area contributed by atoms with Crippen molar-refractivity contribution < 1.29 is 14.2 Å². The fourth-order valence-electron chi connectivity index (χ4n) is 3.12. The van der Waals surface area contributed by atoms with Crippen molar-refractivity contribution in [3.63, 3.8) is 0 Å². The molecule has 2 fully saturated rings. The average Bonchev–Trinajstić information content (AvgIpc) is 2.51. The van der Waals surface area contributed by atoms with Gasteiger partial charge in [0.15, 0.2) is 0 Å². The summed E-state index contributed by atoms with van der Waals surface area (Å²) < 4.78 is 17.5. The Kier molecular flexibility index (Phi) is 4.94. The van der Waals surface area contributed by atoms with Gasteiger partial charge in [0, 0.05) is 5.92 Å². The van der Waals surface area contributed by atoms with Crippen LogP contribution in [-0.2, 0) is 14.2 Å². The zero-order chi connectivity index (χ0) is 14.7. The molecule has 1 saturated carbocycles. The molecule has 21 heavy (non-hydrogen) atoms. The molecule has 1 aromatic carbocycles. The molecule has 1 heterocycles. The van der Waals surface area contributed by atoms with Crippen molar-refractivity contribution in [2.75, 3.05) is 13.2 Å². The fourth-order valence-corrected chi connectivity index (χ4v) is 3.12. The number of aryl methyl sites for hydroxylation is 1. The van der Waals surface area contributed by atoms with Crippen LogP contribution in [0.1, 0.15) is 49.7 Å². The second-order valence-corrected chi connectivity index (χ2v) is 6.58. The molecular weight excluding hydrogens is 264 g/mol. The van der Waals surface area contributed by atoms with Crippen LogP contribution in [-0.4, -0.2) is 25.8 Å². The maximum atomic E-state index is 5.94. The van der Waals surface area contributed by atoms with Crippen molar-refractivity contribution in [3.8, 4) is 0 Å². The van der Waals surface area contributed by atoms with E-state index < -0.39 is 6.48 Å². The molecule has 1 aliphatic heterocycles. The molecule has 1 aliphatic carbocycles. The van der Waals surface area contributed by atoms with E-state index in [-0.39, 0.29) is 0 Å². The first kappa shape index (κ1) is 15.0. The van der Waals surface area contributed by atoms with Gasteiger partial charge in [-0.25, -0.2) is 0 Å². The Labute approximate surface area is 127 Å². The quantitative estimate of drug-likeness (QED) is 0.842. The predicted octanol–water partition coefficient (Wildman–Crippen LogP) is 4.00. The highest BCUT2D eigenvalue weighted by Gasteiger charge is 2.28. The lowest BCUT2D eigenvalue weighted by molar-refractivity contribution is -0.331. The highest BCUT2D eigenvalue weighted by Crippen LogP contribution is 2.29. The van der Waals surface area contributed by atoms with Crippen LogP contribution in [0.25, 0.3) is 0 Å². The first-order valence-corrected chi connectivity index (χ1v) is 8.16. The van der Waals surface area contributed by atoms with E-state index in [0.717, 1.165) is 18.8 Å². The molecule has 0 radical (unpaired) electrons. The molecule has 3 heteroatoms. The van der Waals surface area contributed by atoms with E-state index in [1.165, 1.54) is 24.0 Å². The van der Waals surface area contributed by atoms with Gasteiger partial charge in [0.1, 0.15) is 0 Å². The lowest BCUT2D eigenvalue weighted by Crippen LogP contribution is -2.36. The van der Waals surface area contributed by atoms with Crippen LogP contribution in [0, 0.1) is 12.8 Å². The molecule has 1 saturated heterocycles. The highest BCUT2D eigenvalue weighted by atomic mass is 16.8. The van der Waals surface area contributed by atoms with Gasteiger partial charge < -0.3 is 14.2 Å². The molecule has 0 spiro atoms. The minimum absolute atomic E-state index is 0.308. The Bertz CT molecular complexity index is 426. The number of rotatable bonds is 3. The second kappa shape index (κ2) is 6.91. The first-order chi connectivity index (χ1) is 10.2. The van der Waals surface area contributed by atoms with Gasteiger partial charge >= 0.3 is 0 Å². The van der Waals surface area contributed by atoms with E-state index in [1.54, 1.807) is 0 Å². The van der Waals surface area contributed by atoms with Crippen LogP contribution in [0.2, 0.25) is 0 Å². The van der Waals surface area contributed by atoms with Crippen molar-refractivity contribution in [1.82, 2.24) is 0 Å². The summed E-state index contributed by atoms with van der Waals surface area (Å²) >= 11 is 0. The number of benzene rings is 1. The summed E-state index contributed by atoms with van der Waals surface area (Å²) in [4.78, 5) is 0. The monoisotopic (exact) mass is 290 g/mol. The lowest BCUT2D eigenvalue weighted by atomic mass is 9.89. The van der Waals surface area contributed by atoms with Crippen LogP contribution in [0.3, 0.4) is 0 Å². The van der Waals surface area contributed by atoms with E-state index >= 15 is 0 Å². The largest absolute Gasteiger partial charge is 0.329 e. The van der Waals surface area contributed by atoms with E-state index in [4.69, 9.17) is 14.2 Å². The minimum Gasteiger partial charge on any atom is -0.329 e. The van der Waals surface area contributed by atoms with E-state index in [9.17, 15) is 0 Å². The molecule has 0 aromatic heterocycles. The van der Waals surface area contributed by atoms with Gasteiger partial charge in [0.25, 0.3) is 6.48 Å². The topological polar surface area (TPSA) is 27.7 Å². The van der Waals surface area contributed by atoms with Crippen LogP contribution in [0.5, 0.6) is 0 Å². The van der Waals surface area contributed by atoms with Gasteiger partial charge in [-0.3, -0.25) is 0 Å². The molecule has 0 N–H and O–H groups in total. The van der Waals surface area contributed by atoms with Crippen LogP contribution in [0.15, 0.2) is 24.3 Å². The standard InChI is InChI=1S/C18H26O3/c1-13-3-7-15(8-4-13)16-11-19-18(20-12-16)21-17-9-5-14(2)6-10-17/h3-4,7-8,14,16-18H,5-6,9-12H2,1-2H3. The summed E-state index contributed by atoms with van der Waals surface area (Å²) in [5, 5.41) is 0. The predicted molar refractivity (Wildman–Crippen MR) is 82.1 cm³/mol. The smallest absolute Gasteiger partial charge is 0.271 e. The molecule has 0 amide bonds. The van der Waals surface area contributed by atoms with E-state index in [2.05, 4.69) is 38.1 Å². The van der Waals surface area contributed by atoms with Crippen LogP contribution >= 0.6 is 0 Å². The van der Waals surface area contributed by atoms with Crippen molar-refractivity contribution in [1.29, 1.82) is 0 Å². The zero-order valence-corrected chi connectivity index (χ0v) is 13.1. The Morgan fingerprint density at radius 3 is 2.19 bits per heavy atom. The number of hydrogen-bond acceptors (Lipinski definition) is 3. The third-order valence-electron chi connectivity index (χ3n) is 4.68. The third-order valence-corrected chi connectivity index (χ3v) is 4.68. The van der Waals surface area contributed by atoms with Gasteiger partial charge in [-0.15, -0.1) is 0 Å². The van der Waals surface area contributed by atoms with Crippen molar-refractivity contribution in [3.05, 3.63) is 35.4 Å². The SMILES string of the molecule is Cc1ccc(C2COC(OC3CCC(C)CC3)OC2)cc1. The highest BCUT2D eigenvalue weighted by molar-refractivity contribution is 5.24. The third kappa shape index (κ3) is 4.06. The molecule has 2 aliphatic rings. The normalized spacial score (nSPS) is 33.8. The summed E-state index contributed by atoms with van der Waals surface area (Å²) in [6.07, 6.45) is 5.08. The average molecular weight is 290 g/mol. The fraction of sp³-hybridized carbons (Fsp3) is 0.667. The summed E-state index contributed by atoms with van der Waals surface area (Å²) in [5.74, 6) is 1.15. The van der Waals surface area contributed by atoms with Gasteiger partial charge in [-0.2, -0.15) is 0 Å². The second-order valence-electron chi connectivity index (χ2n) is 6.58. The number of ether oxygens (including phenoxy) is 3. The zero-order valence-electron chi connectivity index (χ0n) is 13.1. The van der Waals surface area contributed by atoms with Crippen LogP contribution in [0.4, 0.5) is 0 Å². The van der Waals surface area contributed by atoms with Gasteiger partial charge in [0.05, 0.1) is 19.3 Å². The van der Waals surface area contributed by atoms with E-state index in [0.29, 0.717) is 25.2 Å². The molecule has 116 valence electrons. The molecule has 0 bridgehead atoms. The maximum absolute atomic E-state index is 5.94. The Morgan fingerprint density at radius 1 is 0.952 bits per heavy atom.